The summed E-state index contributed by atoms with van der Waals surface area (Å²) >= 11 is 0. The van der Waals surface area contributed by atoms with Crippen molar-refractivity contribution >= 4 is 0 Å². The number of hydrogen-bond donors (Lipinski definition) is 1. The van der Waals surface area contributed by atoms with Crippen LogP contribution in [0.2, 0.25) is 0 Å². The summed E-state index contributed by atoms with van der Waals surface area (Å²) in [6.07, 6.45) is 0.560. The highest BCUT2D eigenvalue weighted by molar-refractivity contribution is 5.43. The van der Waals surface area contributed by atoms with Gasteiger partial charge in [-0.15, -0.1) is 0 Å². The van der Waals surface area contributed by atoms with Crippen molar-refractivity contribution in [2.75, 3.05) is 20.8 Å². The van der Waals surface area contributed by atoms with Crippen molar-refractivity contribution in [3.8, 4) is 11.5 Å². The molecular weight excluding hydrogens is 270 g/mol. The molecule has 2 rings (SSSR count). The number of methoxy groups -OCH3 is 2. The van der Waals surface area contributed by atoms with Gasteiger partial charge in [-0.05, 0) is 31.5 Å². The van der Waals surface area contributed by atoms with E-state index in [1.165, 1.54) is 0 Å². The first-order chi connectivity index (χ1) is 10.00. The largest absolute Gasteiger partial charge is 0.493 e. The zero-order chi connectivity index (χ0) is 15.5. The lowest BCUT2D eigenvalue weighted by Crippen LogP contribution is -2.28. The van der Waals surface area contributed by atoms with E-state index in [4.69, 9.17) is 19.7 Å². The molecule has 0 aliphatic carbocycles. The van der Waals surface area contributed by atoms with Crippen LogP contribution < -0.4 is 15.2 Å². The van der Waals surface area contributed by atoms with Crippen LogP contribution in [-0.2, 0) is 11.8 Å². The lowest BCUT2D eigenvalue weighted by Gasteiger charge is -2.15. The molecule has 6 heteroatoms. The average molecular weight is 291 g/mol. The van der Waals surface area contributed by atoms with Gasteiger partial charge in [-0.25, -0.2) is 0 Å². The van der Waals surface area contributed by atoms with E-state index < -0.39 is 0 Å². The number of benzene rings is 1. The third kappa shape index (κ3) is 3.33. The van der Waals surface area contributed by atoms with Gasteiger partial charge in [0.25, 0.3) is 0 Å². The van der Waals surface area contributed by atoms with Gasteiger partial charge in [0.05, 0.1) is 19.6 Å². The van der Waals surface area contributed by atoms with Crippen molar-refractivity contribution < 1.29 is 14.0 Å². The zero-order valence-electron chi connectivity index (χ0n) is 12.8. The average Bonchev–Trinajstić information content (AvgIpc) is 2.96. The summed E-state index contributed by atoms with van der Waals surface area (Å²) in [5.41, 5.74) is 6.41. The minimum atomic E-state index is -0.317. The van der Waals surface area contributed by atoms with Gasteiger partial charge in [-0.2, -0.15) is 4.98 Å². The van der Waals surface area contributed by atoms with E-state index >= 15 is 0 Å². The molecule has 2 N–H and O–H groups in total. The number of ether oxygens (including phenoxy) is 2. The minimum Gasteiger partial charge on any atom is -0.493 e. The van der Waals surface area contributed by atoms with Gasteiger partial charge >= 0.3 is 0 Å². The van der Waals surface area contributed by atoms with Gasteiger partial charge in [-0.3, -0.25) is 0 Å². The van der Waals surface area contributed by atoms with E-state index in [1.54, 1.807) is 14.2 Å². The maximum Gasteiger partial charge on any atom is 0.233 e. The van der Waals surface area contributed by atoms with Crippen LogP contribution in [0.5, 0.6) is 11.5 Å². The quantitative estimate of drug-likeness (QED) is 0.875. The van der Waals surface area contributed by atoms with Crippen molar-refractivity contribution in [1.82, 2.24) is 10.1 Å². The zero-order valence-corrected chi connectivity index (χ0v) is 12.8. The second kappa shape index (κ2) is 6.13. The van der Waals surface area contributed by atoms with Crippen LogP contribution in [0.1, 0.15) is 31.1 Å². The maximum absolute atomic E-state index is 5.71. The Morgan fingerprint density at radius 3 is 2.52 bits per heavy atom. The second-order valence-corrected chi connectivity index (χ2v) is 5.47. The maximum atomic E-state index is 5.71. The van der Waals surface area contributed by atoms with Gasteiger partial charge in [0.1, 0.15) is 0 Å². The predicted octanol–water partition coefficient (Wildman–Crippen LogP) is 1.91. The SMILES string of the molecule is COc1ccc(Cc2noc(C(C)(C)CN)n2)cc1OC. The Bertz CT molecular complexity index is 608. The molecule has 0 radical (unpaired) electrons. The molecular formula is C15H21N3O3. The first-order valence-electron chi connectivity index (χ1n) is 6.74. The van der Waals surface area contributed by atoms with Crippen molar-refractivity contribution in [2.45, 2.75) is 25.7 Å². The van der Waals surface area contributed by atoms with E-state index in [0.29, 0.717) is 36.2 Å². The minimum absolute atomic E-state index is 0.317. The van der Waals surface area contributed by atoms with Crippen molar-refractivity contribution in [2.24, 2.45) is 5.73 Å². The molecule has 0 atom stereocenters. The van der Waals surface area contributed by atoms with Gasteiger partial charge in [0.15, 0.2) is 17.3 Å². The van der Waals surface area contributed by atoms with Gasteiger partial charge < -0.3 is 19.7 Å². The number of nitrogens with zero attached hydrogens (tertiary/aromatic N) is 2. The van der Waals surface area contributed by atoms with Gasteiger partial charge in [0, 0.05) is 13.0 Å². The molecule has 0 bridgehead atoms. The Hall–Kier alpha value is -2.08. The Balaban J connectivity index is 2.19. The molecule has 21 heavy (non-hydrogen) atoms. The standard InChI is InChI=1S/C15H21N3O3/c1-15(2,9-16)14-17-13(18-21-14)8-10-5-6-11(19-3)12(7-10)20-4/h5-7H,8-9,16H2,1-4H3. The second-order valence-electron chi connectivity index (χ2n) is 5.47. The molecule has 114 valence electrons. The molecule has 0 saturated heterocycles. The number of hydrogen-bond acceptors (Lipinski definition) is 6. The van der Waals surface area contributed by atoms with E-state index in [0.717, 1.165) is 5.56 Å². The fourth-order valence-electron chi connectivity index (χ4n) is 1.86. The third-order valence-corrected chi connectivity index (χ3v) is 3.37. The predicted molar refractivity (Wildman–Crippen MR) is 78.7 cm³/mol. The molecule has 0 fully saturated rings. The van der Waals surface area contributed by atoms with Crippen LogP contribution in [0.15, 0.2) is 22.7 Å². The molecule has 0 saturated carbocycles. The van der Waals surface area contributed by atoms with E-state index in [1.807, 2.05) is 32.0 Å². The fraction of sp³-hybridized carbons (Fsp3) is 0.467. The molecule has 0 spiro atoms. The highest BCUT2D eigenvalue weighted by Gasteiger charge is 2.26. The Morgan fingerprint density at radius 1 is 1.19 bits per heavy atom. The Kier molecular flexibility index (Phi) is 4.47. The Labute approximate surface area is 124 Å². The normalized spacial score (nSPS) is 11.5. The summed E-state index contributed by atoms with van der Waals surface area (Å²) in [5, 5.41) is 4.01. The fourth-order valence-corrected chi connectivity index (χ4v) is 1.86. The van der Waals surface area contributed by atoms with Crippen LogP contribution in [0.25, 0.3) is 0 Å². The van der Waals surface area contributed by atoms with Crippen LogP contribution in [0.3, 0.4) is 0 Å². The van der Waals surface area contributed by atoms with Gasteiger partial charge in [-0.1, -0.05) is 11.2 Å². The molecule has 2 aromatic rings. The van der Waals surface area contributed by atoms with Gasteiger partial charge in [0.2, 0.25) is 5.89 Å². The topological polar surface area (TPSA) is 83.4 Å². The van der Waals surface area contributed by atoms with Crippen LogP contribution in [-0.4, -0.2) is 30.9 Å². The first-order valence-corrected chi connectivity index (χ1v) is 6.74. The van der Waals surface area contributed by atoms with E-state index in [-0.39, 0.29) is 5.41 Å². The monoisotopic (exact) mass is 291 g/mol. The lowest BCUT2D eigenvalue weighted by molar-refractivity contribution is 0.309. The van der Waals surface area contributed by atoms with E-state index in [2.05, 4.69) is 10.1 Å². The molecule has 0 aliphatic rings. The highest BCUT2D eigenvalue weighted by Crippen LogP contribution is 2.28. The smallest absolute Gasteiger partial charge is 0.233 e. The third-order valence-electron chi connectivity index (χ3n) is 3.37. The molecule has 1 heterocycles. The molecule has 0 unspecified atom stereocenters. The van der Waals surface area contributed by atoms with E-state index in [9.17, 15) is 0 Å². The summed E-state index contributed by atoms with van der Waals surface area (Å²) in [5.74, 6) is 2.56. The summed E-state index contributed by atoms with van der Waals surface area (Å²) in [4.78, 5) is 4.42. The first kappa shape index (κ1) is 15.3. The highest BCUT2D eigenvalue weighted by atomic mass is 16.5. The lowest BCUT2D eigenvalue weighted by atomic mass is 9.94. The molecule has 1 aromatic carbocycles. The molecule has 6 nitrogen and oxygen atoms in total. The van der Waals surface area contributed by atoms with Crippen molar-refractivity contribution in [3.05, 3.63) is 35.5 Å². The summed E-state index contributed by atoms with van der Waals surface area (Å²) in [6.45, 7) is 4.40. The van der Waals surface area contributed by atoms with Crippen LogP contribution in [0.4, 0.5) is 0 Å². The summed E-state index contributed by atoms with van der Waals surface area (Å²) in [6, 6.07) is 5.72. The van der Waals surface area contributed by atoms with Crippen LogP contribution >= 0.6 is 0 Å². The molecule has 1 aromatic heterocycles. The molecule has 0 aliphatic heterocycles. The van der Waals surface area contributed by atoms with Crippen molar-refractivity contribution in [3.63, 3.8) is 0 Å². The number of nitrogens with two attached hydrogens (primary N) is 1. The molecule has 0 amide bonds. The summed E-state index contributed by atoms with van der Waals surface area (Å²) in [7, 11) is 3.22. The van der Waals surface area contributed by atoms with Crippen LogP contribution in [0, 0.1) is 0 Å². The summed E-state index contributed by atoms with van der Waals surface area (Å²) < 4.78 is 15.8. The Morgan fingerprint density at radius 2 is 1.90 bits per heavy atom. The number of rotatable bonds is 6. The number of aromatic nitrogens is 2. The van der Waals surface area contributed by atoms with Crippen molar-refractivity contribution in [1.29, 1.82) is 0 Å².